The van der Waals surface area contributed by atoms with Gasteiger partial charge in [0.2, 0.25) is 0 Å². The van der Waals surface area contributed by atoms with Crippen LogP contribution in [-0.4, -0.2) is 40.4 Å². The number of nitrogens with zero attached hydrogens (tertiary/aromatic N) is 1. The van der Waals surface area contributed by atoms with Crippen LogP contribution >= 0.6 is 0 Å². The van der Waals surface area contributed by atoms with E-state index in [1.54, 1.807) is 17.9 Å². The van der Waals surface area contributed by atoms with Gasteiger partial charge >= 0.3 is 145 Å². The van der Waals surface area contributed by atoms with Gasteiger partial charge < -0.3 is 0 Å². The van der Waals surface area contributed by atoms with Crippen LogP contribution in [0, 0.1) is 0 Å². The molecule has 1 heterocycles. The molecule has 0 aromatic rings. The molecule has 1 aliphatic heterocycles. The van der Waals surface area contributed by atoms with Crippen LogP contribution in [0.15, 0.2) is 12.7 Å². The van der Waals surface area contributed by atoms with E-state index < -0.39 is 18.4 Å². The van der Waals surface area contributed by atoms with Crippen molar-refractivity contribution in [2.45, 2.75) is 97.9 Å². The Kier molecular flexibility index (Phi) is 11.2. The molecule has 0 bridgehead atoms. The standard InChI is InChI=1S/C8H14N.3C4H9.Sn/c1-3-5-8-6-4-7-9(8)2;3*1-3-4-2;/h3,8H,1-2,4-7H2;3*1,3-4H2,2H3;. The molecule has 1 aliphatic rings. The fraction of sp³-hybridized carbons (Fsp3) is 0.900. The second-order valence-corrected chi connectivity index (χ2v) is 21.3. The van der Waals surface area contributed by atoms with E-state index in [9.17, 15) is 0 Å². The topological polar surface area (TPSA) is 3.24 Å². The van der Waals surface area contributed by atoms with E-state index in [-0.39, 0.29) is 0 Å². The Labute approximate surface area is 144 Å². The minimum atomic E-state index is -1.97. The fourth-order valence-corrected chi connectivity index (χ4v) is 20.9. The summed E-state index contributed by atoms with van der Waals surface area (Å²) in [7, 11) is 0. The van der Waals surface area contributed by atoms with E-state index in [2.05, 4.69) is 38.3 Å². The zero-order valence-electron chi connectivity index (χ0n) is 15.7. The second kappa shape index (κ2) is 11.9. The molecule has 2 heteroatoms. The van der Waals surface area contributed by atoms with Gasteiger partial charge in [-0.05, 0) is 0 Å². The van der Waals surface area contributed by atoms with Crippen LogP contribution in [0.2, 0.25) is 13.3 Å². The molecule has 1 nitrogen and oxygen atoms in total. The van der Waals surface area contributed by atoms with Crippen molar-refractivity contribution in [3.8, 4) is 0 Å². The number of rotatable bonds is 13. The number of unbranched alkanes of at least 4 members (excludes halogenated alkanes) is 3. The Balaban J connectivity index is 2.76. The number of hydrogen-bond acceptors (Lipinski definition) is 1. The van der Waals surface area contributed by atoms with E-state index in [0.717, 1.165) is 6.04 Å². The zero-order chi connectivity index (χ0) is 16.3. The zero-order valence-corrected chi connectivity index (χ0v) is 18.6. The van der Waals surface area contributed by atoms with Gasteiger partial charge in [-0.3, -0.25) is 0 Å². The summed E-state index contributed by atoms with van der Waals surface area (Å²) >= 11 is -1.97. The first-order chi connectivity index (χ1) is 10.7. The van der Waals surface area contributed by atoms with Crippen LogP contribution in [0.25, 0.3) is 0 Å². The Morgan fingerprint density at radius 3 is 2.00 bits per heavy atom. The summed E-state index contributed by atoms with van der Waals surface area (Å²) < 4.78 is 6.53. The first-order valence-electron chi connectivity index (χ1n) is 10.1. The van der Waals surface area contributed by atoms with Gasteiger partial charge in [0.15, 0.2) is 0 Å². The van der Waals surface area contributed by atoms with Gasteiger partial charge in [0, 0.05) is 0 Å². The predicted molar refractivity (Wildman–Crippen MR) is 104 cm³/mol. The van der Waals surface area contributed by atoms with Gasteiger partial charge in [0.1, 0.15) is 0 Å². The molecule has 1 unspecified atom stereocenters. The third kappa shape index (κ3) is 6.95. The molecule has 0 aliphatic carbocycles. The SMILES string of the molecule is C=CCC1CCCN1[CH2][Sn]([CH2]CCC)([CH2]CCC)[CH2]CCC. The minimum absolute atomic E-state index is 0.832. The molecule has 0 saturated carbocycles. The summed E-state index contributed by atoms with van der Waals surface area (Å²) in [5.41, 5.74) is 0. The van der Waals surface area contributed by atoms with Crippen LogP contribution in [0.4, 0.5) is 0 Å². The van der Waals surface area contributed by atoms with Crippen molar-refractivity contribution in [3.05, 3.63) is 12.7 Å². The molecule has 0 aromatic heterocycles. The molecular weight excluding hydrogens is 373 g/mol. The van der Waals surface area contributed by atoms with Gasteiger partial charge in [0.05, 0.1) is 0 Å². The van der Waals surface area contributed by atoms with Crippen LogP contribution in [0.5, 0.6) is 0 Å². The van der Waals surface area contributed by atoms with Gasteiger partial charge in [-0.1, -0.05) is 0 Å². The van der Waals surface area contributed by atoms with Gasteiger partial charge in [-0.25, -0.2) is 0 Å². The summed E-state index contributed by atoms with van der Waals surface area (Å²) in [4.78, 5) is 2.92. The van der Waals surface area contributed by atoms with Gasteiger partial charge in [-0.15, -0.1) is 0 Å². The summed E-state index contributed by atoms with van der Waals surface area (Å²) in [6, 6.07) is 0.832. The molecule has 130 valence electrons. The maximum absolute atomic E-state index is 3.99. The first kappa shape index (κ1) is 20.5. The normalized spacial score (nSPS) is 19.7. The van der Waals surface area contributed by atoms with Crippen LogP contribution in [0.1, 0.15) is 78.6 Å². The van der Waals surface area contributed by atoms with E-state index in [4.69, 9.17) is 0 Å². The predicted octanol–water partition coefficient (Wildman–Crippen LogP) is 6.42. The Morgan fingerprint density at radius 1 is 1.00 bits per heavy atom. The molecular formula is C20H41NSn. The van der Waals surface area contributed by atoms with Crippen molar-refractivity contribution in [3.63, 3.8) is 0 Å². The molecule has 1 fully saturated rings. The molecule has 1 saturated heterocycles. The summed E-state index contributed by atoms with van der Waals surface area (Å²) in [5, 5.41) is 0. The van der Waals surface area contributed by atoms with E-state index in [1.807, 2.05) is 0 Å². The molecule has 0 aromatic carbocycles. The van der Waals surface area contributed by atoms with Crippen LogP contribution in [0.3, 0.4) is 0 Å². The molecule has 0 N–H and O–H groups in total. The first-order valence-corrected chi connectivity index (χ1v) is 18.1. The van der Waals surface area contributed by atoms with Crippen LogP contribution < -0.4 is 0 Å². The van der Waals surface area contributed by atoms with Crippen molar-refractivity contribution < 1.29 is 0 Å². The van der Waals surface area contributed by atoms with Gasteiger partial charge in [0.25, 0.3) is 0 Å². The number of hydrogen-bond donors (Lipinski definition) is 0. The molecule has 0 spiro atoms. The molecule has 0 radical (unpaired) electrons. The summed E-state index contributed by atoms with van der Waals surface area (Å²) in [6.45, 7) is 12.5. The van der Waals surface area contributed by atoms with E-state index in [1.165, 1.54) is 64.3 Å². The summed E-state index contributed by atoms with van der Waals surface area (Å²) in [6.07, 6.45) is 14.9. The third-order valence-electron chi connectivity index (χ3n) is 5.66. The summed E-state index contributed by atoms with van der Waals surface area (Å²) in [5.74, 6) is 0. The maximum atomic E-state index is 3.99. The molecule has 22 heavy (non-hydrogen) atoms. The number of likely N-dealkylation sites (tertiary alicyclic amines) is 1. The molecule has 1 rings (SSSR count). The van der Waals surface area contributed by atoms with Crippen molar-refractivity contribution in [1.82, 2.24) is 4.90 Å². The Hall–Kier alpha value is 0.499. The Morgan fingerprint density at radius 2 is 1.55 bits per heavy atom. The molecule has 1 atom stereocenters. The average molecular weight is 414 g/mol. The Bertz CT molecular complexity index is 268. The van der Waals surface area contributed by atoms with Crippen molar-refractivity contribution in [1.29, 1.82) is 0 Å². The van der Waals surface area contributed by atoms with Crippen molar-refractivity contribution in [2.75, 3.05) is 11.1 Å². The fourth-order valence-electron chi connectivity index (χ4n) is 4.26. The van der Waals surface area contributed by atoms with Crippen molar-refractivity contribution >= 4 is 18.4 Å². The second-order valence-electron chi connectivity index (χ2n) is 7.60. The van der Waals surface area contributed by atoms with E-state index >= 15 is 0 Å². The third-order valence-corrected chi connectivity index (χ3v) is 20.8. The monoisotopic (exact) mass is 415 g/mol. The van der Waals surface area contributed by atoms with Crippen molar-refractivity contribution in [2.24, 2.45) is 0 Å². The van der Waals surface area contributed by atoms with Crippen LogP contribution in [-0.2, 0) is 0 Å². The molecule has 0 amide bonds. The van der Waals surface area contributed by atoms with E-state index in [0.29, 0.717) is 0 Å². The quantitative estimate of drug-likeness (QED) is 0.249. The average Bonchev–Trinajstić information content (AvgIpc) is 2.96. The van der Waals surface area contributed by atoms with Gasteiger partial charge in [-0.2, -0.15) is 0 Å².